The first-order valence-electron chi connectivity index (χ1n) is 7.64. The number of carbonyl (C=O) groups is 1. The first kappa shape index (κ1) is 16.3. The van der Waals surface area contributed by atoms with Gasteiger partial charge in [0, 0.05) is 12.6 Å². The van der Waals surface area contributed by atoms with Crippen LogP contribution < -0.4 is 5.32 Å². The molecule has 0 saturated carbocycles. The summed E-state index contributed by atoms with van der Waals surface area (Å²) in [6.07, 6.45) is 2.54. The maximum Gasteiger partial charge on any atom is 0.270 e. The molecule has 7 nitrogen and oxygen atoms in total. The summed E-state index contributed by atoms with van der Waals surface area (Å²) in [7, 11) is 0. The highest BCUT2D eigenvalue weighted by atomic mass is 32.1. The third kappa shape index (κ3) is 3.65. The van der Waals surface area contributed by atoms with E-state index < -0.39 is 0 Å². The molecule has 3 aromatic rings. The molecule has 0 atom stereocenters. The van der Waals surface area contributed by atoms with Crippen molar-refractivity contribution >= 4 is 23.2 Å². The number of anilines is 1. The second-order valence-electron chi connectivity index (χ2n) is 5.81. The Morgan fingerprint density at radius 3 is 2.88 bits per heavy atom. The Labute approximate surface area is 143 Å². The third-order valence-electron chi connectivity index (χ3n) is 3.26. The number of thiazole rings is 1. The van der Waals surface area contributed by atoms with Crippen molar-refractivity contribution in [3.63, 3.8) is 0 Å². The summed E-state index contributed by atoms with van der Waals surface area (Å²) in [5, 5.41) is 11.7. The molecule has 0 aromatic carbocycles. The van der Waals surface area contributed by atoms with Crippen molar-refractivity contribution in [1.29, 1.82) is 0 Å². The van der Waals surface area contributed by atoms with Gasteiger partial charge < -0.3 is 4.98 Å². The van der Waals surface area contributed by atoms with Crippen LogP contribution in [0.15, 0.2) is 24.4 Å². The number of pyridine rings is 1. The van der Waals surface area contributed by atoms with Crippen LogP contribution in [0.2, 0.25) is 0 Å². The van der Waals surface area contributed by atoms with Gasteiger partial charge >= 0.3 is 0 Å². The van der Waals surface area contributed by atoms with Gasteiger partial charge in [0.1, 0.15) is 10.6 Å². The highest BCUT2D eigenvalue weighted by Gasteiger charge is 2.17. The van der Waals surface area contributed by atoms with Crippen LogP contribution >= 0.6 is 11.3 Å². The van der Waals surface area contributed by atoms with Crippen molar-refractivity contribution in [1.82, 2.24) is 25.1 Å². The fraction of sp³-hybridized carbons (Fsp3) is 0.312. The number of hydrogen-bond donors (Lipinski definition) is 2. The van der Waals surface area contributed by atoms with Gasteiger partial charge in [0.05, 0.1) is 10.7 Å². The molecular formula is C16H18N6OS. The van der Waals surface area contributed by atoms with Gasteiger partial charge in [0.2, 0.25) is 5.95 Å². The topological polar surface area (TPSA) is 96.5 Å². The van der Waals surface area contributed by atoms with Gasteiger partial charge in [0.25, 0.3) is 5.91 Å². The van der Waals surface area contributed by atoms with Crippen LogP contribution in [0.25, 0.3) is 11.5 Å². The Hall–Kier alpha value is -2.61. The van der Waals surface area contributed by atoms with Gasteiger partial charge in [-0.25, -0.2) is 4.98 Å². The Balaban J connectivity index is 1.74. The van der Waals surface area contributed by atoms with Crippen molar-refractivity contribution < 1.29 is 4.79 Å². The van der Waals surface area contributed by atoms with Crippen LogP contribution in [0.1, 0.15) is 34.2 Å². The largest absolute Gasteiger partial charge is 0.306 e. The summed E-state index contributed by atoms with van der Waals surface area (Å²) in [6, 6.07) is 5.50. The molecule has 0 fully saturated rings. The first-order valence-corrected chi connectivity index (χ1v) is 8.46. The van der Waals surface area contributed by atoms with E-state index >= 15 is 0 Å². The lowest BCUT2D eigenvalue weighted by molar-refractivity contribution is 0.102. The average Bonchev–Trinajstić information content (AvgIpc) is 3.14. The zero-order chi connectivity index (χ0) is 17.1. The quantitative estimate of drug-likeness (QED) is 0.743. The van der Waals surface area contributed by atoms with E-state index in [0.29, 0.717) is 28.3 Å². The smallest absolute Gasteiger partial charge is 0.270 e. The minimum Gasteiger partial charge on any atom is -0.306 e. The summed E-state index contributed by atoms with van der Waals surface area (Å²) in [5.74, 6) is 1.07. The number of H-pyrrole nitrogens is 1. The van der Waals surface area contributed by atoms with Crippen LogP contribution in [-0.4, -0.2) is 31.1 Å². The second-order valence-corrected chi connectivity index (χ2v) is 6.90. The number of aromatic amines is 1. The van der Waals surface area contributed by atoms with Gasteiger partial charge in [0.15, 0.2) is 5.82 Å². The Morgan fingerprint density at radius 2 is 2.17 bits per heavy atom. The number of nitrogens with zero attached hydrogens (tertiary/aromatic N) is 4. The van der Waals surface area contributed by atoms with Crippen molar-refractivity contribution in [2.45, 2.75) is 27.2 Å². The van der Waals surface area contributed by atoms with E-state index in [1.807, 2.05) is 25.1 Å². The Kier molecular flexibility index (Phi) is 4.66. The van der Waals surface area contributed by atoms with Crippen molar-refractivity contribution in [2.75, 3.05) is 5.32 Å². The minimum absolute atomic E-state index is 0.233. The molecule has 1 amide bonds. The monoisotopic (exact) mass is 342 g/mol. The number of carbonyl (C=O) groups excluding carboxylic acids is 1. The maximum atomic E-state index is 12.4. The molecule has 0 aliphatic carbocycles. The molecule has 3 aromatic heterocycles. The molecule has 24 heavy (non-hydrogen) atoms. The van der Waals surface area contributed by atoms with E-state index in [0.717, 1.165) is 17.1 Å². The van der Waals surface area contributed by atoms with E-state index in [-0.39, 0.29) is 5.91 Å². The predicted molar refractivity (Wildman–Crippen MR) is 93.0 cm³/mol. The van der Waals surface area contributed by atoms with E-state index in [4.69, 9.17) is 0 Å². The van der Waals surface area contributed by atoms with E-state index in [9.17, 15) is 4.79 Å². The summed E-state index contributed by atoms with van der Waals surface area (Å²) in [5.41, 5.74) is 1.40. The van der Waals surface area contributed by atoms with Gasteiger partial charge in [-0.2, -0.15) is 0 Å². The molecule has 8 heteroatoms. The molecule has 0 bridgehead atoms. The molecule has 0 spiro atoms. The molecule has 3 rings (SSSR count). The molecule has 2 N–H and O–H groups in total. The number of aryl methyl sites for hydroxylation is 1. The zero-order valence-electron chi connectivity index (χ0n) is 13.7. The second kappa shape index (κ2) is 6.88. The standard InChI is InChI=1S/C16H18N6OS/c1-9(2)8-12-18-10(3)13(24-12)15(23)20-16-19-14(21-22-16)11-6-4-5-7-17-11/h4-7,9H,8H2,1-3H3,(H2,19,20,21,22,23). The van der Waals surface area contributed by atoms with Gasteiger partial charge in [-0.05, 0) is 25.0 Å². The molecule has 124 valence electrons. The number of amides is 1. The number of nitrogens with one attached hydrogen (secondary N) is 2. The van der Waals surface area contributed by atoms with Crippen LogP contribution in [0.5, 0.6) is 0 Å². The van der Waals surface area contributed by atoms with Crippen molar-refractivity contribution in [3.05, 3.63) is 40.0 Å². The fourth-order valence-corrected chi connectivity index (χ4v) is 3.37. The fourth-order valence-electron chi connectivity index (χ4n) is 2.20. The molecule has 0 unspecified atom stereocenters. The SMILES string of the molecule is Cc1nc(CC(C)C)sc1C(=O)Nc1nnc(-c2ccccn2)[nH]1. The molecule has 0 saturated heterocycles. The lowest BCUT2D eigenvalue weighted by atomic mass is 10.1. The third-order valence-corrected chi connectivity index (χ3v) is 4.43. The normalized spacial score (nSPS) is 11.0. The highest BCUT2D eigenvalue weighted by molar-refractivity contribution is 7.13. The van der Waals surface area contributed by atoms with Crippen LogP contribution in [0.3, 0.4) is 0 Å². The Bertz CT molecular complexity index is 839. The summed E-state index contributed by atoms with van der Waals surface area (Å²) >= 11 is 1.42. The average molecular weight is 342 g/mol. The number of aromatic nitrogens is 5. The minimum atomic E-state index is -0.233. The van der Waals surface area contributed by atoms with Crippen LogP contribution in [0, 0.1) is 12.8 Å². The van der Waals surface area contributed by atoms with E-state index in [1.54, 1.807) is 6.20 Å². The van der Waals surface area contributed by atoms with Gasteiger partial charge in [-0.3, -0.25) is 15.1 Å². The van der Waals surface area contributed by atoms with Crippen LogP contribution in [0.4, 0.5) is 5.95 Å². The molecular weight excluding hydrogens is 324 g/mol. The molecule has 0 aliphatic heterocycles. The molecule has 0 aliphatic rings. The molecule has 0 radical (unpaired) electrons. The van der Waals surface area contributed by atoms with Crippen LogP contribution in [-0.2, 0) is 6.42 Å². The summed E-state index contributed by atoms with van der Waals surface area (Å²) in [4.78, 5) is 24.6. The number of rotatable bonds is 5. The zero-order valence-corrected chi connectivity index (χ0v) is 14.5. The van der Waals surface area contributed by atoms with Crippen molar-refractivity contribution in [2.24, 2.45) is 5.92 Å². The highest BCUT2D eigenvalue weighted by Crippen LogP contribution is 2.22. The first-order chi connectivity index (χ1) is 11.5. The summed E-state index contributed by atoms with van der Waals surface area (Å²) < 4.78 is 0. The maximum absolute atomic E-state index is 12.4. The van der Waals surface area contributed by atoms with E-state index in [2.05, 4.69) is 44.3 Å². The predicted octanol–water partition coefficient (Wildman–Crippen LogP) is 3.08. The lowest BCUT2D eigenvalue weighted by Crippen LogP contribution is -2.12. The van der Waals surface area contributed by atoms with E-state index in [1.165, 1.54) is 11.3 Å². The van der Waals surface area contributed by atoms with Gasteiger partial charge in [-0.1, -0.05) is 19.9 Å². The molecule has 3 heterocycles. The van der Waals surface area contributed by atoms with Crippen molar-refractivity contribution in [3.8, 4) is 11.5 Å². The Morgan fingerprint density at radius 1 is 1.33 bits per heavy atom. The number of hydrogen-bond acceptors (Lipinski definition) is 6. The van der Waals surface area contributed by atoms with Gasteiger partial charge in [-0.15, -0.1) is 21.5 Å². The summed E-state index contributed by atoms with van der Waals surface area (Å²) in [6.45, 7) is 6.10. The lowest BCUT2D eigenvalue weighted by Gasteiger charge is -1.99.